The third-order valence-electron chi connectivity index (χ3n) is 3.03. The molecule has 17 heavy (non-hydrogen) atoms. The number of benzene rings is 1. The van der Waals surface area contributed by atoms with E-state index in [4.69, 9.17) is 0 Å². The van der Waals surface area contributed by atoms with E-state index in [1.165, 1.54) is 5.52 Å². The lowest BCUT2D eigenvalue weighted by Crippen LogP contribution is -1.95. The van der Waals surface area contributed by atoms with Crippen LogP contribution < -0.4 is 0 Å². The van der Waals surface area contributed by atoms with E-state index in [0.29, 0.717) is 0 Å². The Balaban J connectivity index is 2.20. The number of imidazole rings is 1. The van der Waals surface area contributed by atoms with Gasteiger partial charge in [0.2, 0.25) is 0 Å². The molecule has 2 aromatic rings. The Hall–Kier alpha value is -2.09. The molecule has 1 aliphatic rings. The van der Waals surface area contributed by atoms with Crippen molar-refractivity contribution < 1.29 is 0 Å². The monoisotopic (exact) mass is 222 g/mol. The number of fused-ring (bicyclic) bond motifs is 1. The van der Waals surface area contributed by atoms with Gasteiger partial charge in [-0.05, 0) is 18.6 Å². The van der Waals surface area contributed by atoms with Crippen LogP contribution in [-0.2, 0) is 7.05 Å². The second-order valence-electron chi connectivity index (χ2n) is 4.17. The second kappa shape index (κ2) is 4.06. The van der Waals surface area contributed by atoms with Crippen LogP contribution in [0.1, 0.15) is 12.2 Å². The van der Waals surface area contributed by atoms with Gasteiger partial charge >= 0.3 is 0 Å². The van der Waals surface area contributed by atoms with Gasteiger partial charge in [-0.2, -0.15) is 0 Å². The van der Waals surface area contributed by atoms with Crippen LogP contribution in [0, 0.1) is 0 Å². The molecule has 0 saturated carbocycles. The Morgan fingerprint density at radius 3 is 2.94 bits per heavy atom. The van der Waals surface area contributed by atoms with E-state index in [1.54, 1.807) is 0 Å². The maximum absolute atomic E-state index is 4.69. The van der Waals surface area contributed by atoms with Crippen molar-refractivity contribution in [1.29, 1.82) is 0 Å². The molecule has 2 heteroatoms. The number of hydrogen-bond donors (Lipinski definition) is 0. The van der Waals surface area contributed by atoms with Crippen molar-refractivity contribution in [3.05, 3.63) is 60.5 Å². The molecule has 0 aliphatic heterocycles. The fourth-order valence-corrected chi connectivity index (χ4v) is 2.13. The van der Waals surface area contributed by atoms with E-state index >= 15 is 0 Å². The van der Waals surface area contributed by atoms with Gasteiger partial charge in [-0.3, -0.25) is 0 Å². The summed E-state index contributed by atoms with van der Waals surface area (Å²) in [5.74, 6) is 1.02. The third-order valence-corrected chi connectivity index (χ3v) is 3.03. The SMILES string of the molecule is Cn1c(C2=CC=CCC=C2)nc2ccccc21. The summed E-state index contributed by atoms with van der Waals surface area (Å²) in [6.45, 7) is 0. The topological polar surface area (TPSA) is 17.8 Å². The molecule has 0 bridgehead atoms. The standard InChI is InChI=1S/C15H14N2/c1-17-14-11-7-6-10-13(14)16-15(17)12-8-4-2-3-5-9-12/h2,4-11H,3H2,1H3. The molecule has 0 radical (unpaired) electrons. The van der Waals surface area contributed by atoms with Crippen molar-refractivity contribution in [3.8, 4) is 0 Å². The molecule has 1 aromatic heterocycles. The molecule has 0 atom stereocenters. The molecule has 2 nitrogen and oxygen atoms in total. The van der Waals surface area contributed by atoms with Crippen LogP contribution in [0.25, 0.3) is 16.6 Å². The molecular formula is C15H14N2. The third kappa shape index (κ3) is 1.72. The van der Waals surface area contributed by atoms with E-state index in [9.17, 15) is 0 Å². The van der Waals surface area contributed by atoms with Gasteiger partial charge < -0.3 is 4.57 Å². The minimum absolute atomic E-state index is 0.990. The smallest absolute Gasteiger partial charge is 0.140 e. The molecular weight excluding hydrogens is 208 g/mol. The van der Waals surface area contributed by atoms with Crippen LogP contribution in [0.3, 0.4) is 0 Å². The van der Waals surface area contributed by atoms with Crippen molar-refractivity contribution in [2.24, 2.45) is 7.05 Å². The summed E-state index contributed by atoms with van der Waals surface area (Å²) < 4.78 is 2.14. The predicted octanol–water partition coefficient (Wildman–Crippen LogP) is 3.47. The molecule has 1 heterocycles. The van der Waals surface area contributed by atoms with E-state index in [1.807, 2.05) is 12.1 Å². The van der Waals surface area contributed by atoms with Crippen molar-refractivity contribution in [2.75, 3.05) is 0 Å². The van der Waals surface area contributed by atoms with Crippen molar-refractivity contribution in [3.63, 3.8) is 0 Å². The quantitative estimate of drug-likeness (QED) is 0.722. The Labute approximate surface area is 101 Å². The van der Waals surface area contributed by atoms with Gasteiger partial charge in [-0.25, -0.2) is 4.98 Å². The minimum atomic E-state index is 0.990. The Morgan fingerprint density at radius 1 is 1.18 bits per heavy atom. The number of nitrogens with zero attached hydrogens (tertiary/aromatic N) is 2. The summed E-state index contributed by atoms with van der Waals surface area (Å²) >= 11 is 0. The number of para-hydroxylation sites is 2. The number of hydrogen-bond acceptors (Lipinski definition) is 1. The number of aromatic nitrogens is 2. The highest BCUT2D eigenvalue weighted by Gasteiger charge is 2.09. The normalized spacial score (nSPS) is 15.0. The number of rotatable bonds is 1. The van der Waals surface area contributed by atoms with E-state index in [-0.39, 0.29) is 0 Å². The summed E-state index contributed by atoms with van der Waals surface area (Å²) in [6, 6.07) is 8.22. The zero-order chi connectivity index (χ0) is 11.7. The van der Waals surface area contributed by atoms with Crippen molar-refractivity contribution >= 4 is 16.6 Å². The van der Waals surface area contributed by atoms with Gasteiger partial charge in [0.1, 0.15) is 5.82 Å². The van der Waals surface area contributed by atoms with Gasteiger partial charge in [0.25, 0.3) is 0 Å². The molecule has 0 N–H and O–H groups in total. The first kappa shape index (κ1) is 10.1. The van der Waals surface area contributed by atoms with Crippen molar-refractivity contribution in [1.82, 2.24) is 9.55 Å². The van der Waals surface area contributed by atoms with Gasteiger partial charge in [0.05, 0.1) is 11.0 Å². The van der Waals surface area contributed by atoms with Crippen molar-refractivity contribution in [2.45, 2.75) is 6.42 Å². The lowest BCUT2D eigenvalue weighted by Gasteiger charge is -2.01. The van der Waals surface area contributed by atoms with Gasteiger partial charge in [-0.1, -0.05) is 42.5 Å². The summed E-state index contributed by atoms with van der Waals surface area (Å²) in [4.78, 5) is 4.69. The Bertz CT molecular complexity index is 642. The lowest BCUT2D eigenvalue weighted by molar-refractivity contribution is 0.924. The van der Waals surface area contributed by atoms with Crippen LogP contribution in [0.15, 0.2) is 54.6 Å². The van der Waals surface area contributed by atoms with Crippen LogP contribution in [0.5, 0.6) is 0 Å². The lowest BCUT2D eigenvalue weighted by atomic mass is 10.2. The first-order valence-electron chi connectivity index (χ1n) is 5.81. The largest absolute Gasteiger partial charge is 0.327 e. The first-order chi connectivity index (χ1) is 8.36. The van der Waals surface area contributed by atoms with Crippen LogP contribution in [0.2, 0.25) is 0 Å². The highest BCUT2D eigenvalue weighted by molar-refractivity contribution is 5.82. The molecule has 1 aromatic carbocycles. The Kier molecular flexibility index (Phi) is 2.41. The predicted molar refractivity (Wildman–Crippen MR) is 71.6 cm³/mol. The first-order valence-corrected chi connectivity index (χ1v) is 5.81. The fraction of sp³-hybridized carbons (Fsp3) is 0.133. The Morgan fingerprint density at radius 2 is 2.06 bits per heavy atom. The van der Waals surface area contributed by atoms with Gasteiger partial charge in [-0.15, -0.1) is 0 Å². The van der Waals surface area contributed by atoms with Gasteiger partial charge in [0.15, 0.2) is 0 Å². The van der Waals surface area contributed by atoms with E-state index < -0.39 is 0 Å². The van der Waals surface area contributed by atoms with Gasteiger partial charge in [0, 0.05) is 12.6 Å². The van der Waals surface area contributed by atoms with Crippen LogP contribution in [-0.4, -0.2) is 9.55 Å². The fourth-order valence-electron chi connectivity index (χ4n) is 2.13. The molecule has 0 amide bonds. The molecule has 84 valence electrons. The molecule has 0 saturated heterocycles. The van der Waals surface area contributed by atoms with E-state index in [0.717, 1.165) is 23.3 Å². The molecule has 0 fully saturated rings. The van der Waals surface area contributed by atoms with Crippen LogP contribution >= 0.6 is 0 Å². The average Bonchev–Trinajstić information content (AvgIpc) is 2.57. The molecule has 1 aliphatic carbocycles. The summed E-state index contributed by atoms with van der Waals surface area (Å²) in [6.07, 6.45) is 11.6. The maximum Gasteiger partial charge on any atom is 0.140 e. The second-order valence-corrected chi connectivity index (χ2v) is 4.17. The minimum Gasteiger partial charge on any atom is -0.327 e. The number of allylic oxidation sites excluding steroid dienone is 6. The highest BCUT2D eigenvalue weighted by Crippen LogP contribution is 2.22. The zero-order valence-corrected chi connectivity index (χ0v) is 9.80. The maximum atomic E-state index is 4.69. The zero-order valence-electron chi connectivity index (χ0n) is 9.80. The molecule has 0 spiro atoms. The molecule has 3 rings (SSSR count). The molecule has 0 unspecified atom stereocenters. The number of aryl methyl sites for hydroxylation is 1. The van der Waals surface area contributed by atoms with E-state index in [2.05, 4.69) is 59.1 Å². The summed E-state index contributed by atoms with van der Waals surface area (Å²) in [5, 5.41) is 0. The summed E-state index contributed by atoms with van der Waals surface area (Å²) in [5.41, 5.74) is 3.38. The summed E-state index contributed by atoms with van der Waals surface area (Å²) in [7, 11) is 2.06. The highest BCUT2D eigenvalue weighted by atomic mass is 15.1. The van der Waals surface area contributed by atoms with Crippen LogP contribution in [0.4, 0.5) is 0 Å². The average molecular weight is 222 g/mol.